The molecule has 1 heterocycles. The van der Waals surface area contributed by atoms with Gasteiger partial charge >= 0.3 is 0 Å². The lowest BCUT2D eigenvalue weighted by Crippen LogP contribution is -2.45. The van der Waals surface area contributed by atoms with Crippen LogP contribution in [0.1, 0.15) is 12.8 Å². The largest absolute Gasteiger partial charge is 0.493 e. The van der Waals surface area contributed by atoms with Crippen LogP contribution in [0.25, 0.3) is 0 Å². The Balaban J connectivity index is 2.50. The third-order valence-corrected chi connectivity index (χ3v) is 3.78. The predicted octanol–water partition coefficient (Wildman–Crippen LogP) is 1.35. The van der Waals surface area contributed by atoms with Gasteiger partial charge in [0.25, 0.3) is 11.7 Å². The number of ketones is 1. The minimum absolute atomic E-state index is 0.142. The first kappa shape index (κ1) is 15.3. The van der Waals surface area contributed by atoms with Gasteiger partial charge in [-0.3, -0.25) is 14.4 Å². The molecule has 1 aliphatic heterocycles. The van der Waals surface area contributed by atoms with Crippen LogP contribution in [0.3, 0.4) is 0 Å². The van der Waals surface area contributed by atoms with Crippen molar-refractivity contribution in [2.24, 2.45) is 5.92 Å². The van der Waals surface area contributed by atoms with E-state index < -0.39 is 5.54 Å². The van der Waals surface area contributed by atoms with Crippen molar-refractivity contribution in [2.45, 2.75) is 18.4 Å². The zero-order chi connectivity index (χ0) is 15.6. The average molecular weight is 293 g/mol. The fourth-order valence-corrected chi connectivity index (χ4v) is 2.87. The molecule has 1 saturated heterocycles. The molecule has 0 aromatic carbocycles. The van der Waals surface area contributed by atoms with Crippen molar-refractivity contribution in [3.05, 3.63) is 36.3 Å². The lowest BCUT2D eigenvalue weighted by atomic mass is 9.86. The molecule has 1 atom stereocenters. The first-order valence-corrected chi connectivity index (χ1v) is 6.60. The van der Waals surface area contributed by atoms with Crippen LogP contribution in [0.4, 0.5) is 0 Å². The topological polar surface area (TPSA) is 65.1 Å². The minimum atomic E-state index is -0.871. The lowest BCUT2D eigenvalue weighted by Gasteiger charge is -2.33. The molecule has 2 aliphatic rings. The third-order valence-electron chi connectivity index (χ3n) is 3.78. The molecule has 2 rings (SSSR count). The highest BCUT2D eigenvalue weighted by atomic mass is 16.7. The van der Waals surface area contributed by atoms with Gasteiger partial charge in [0, 0.05) is 5.92 Å². The molecule has 1 aliphatic carbocycles. The molecule has 0 aromatic heterocycles. The summed E-state index contributed by atoms with van der Waals surface area (Å²) < 4.78 is 10.2. The number of carbonyl (C=O) groups excluding carboxylic acids is 2. The Morgan fingerprint density at radius 1 is 1.29 bits per heavy atom. The van der Waals surface area contributed by atoms with Crippen LogP contribution in [0.15, 0.2) is 36.3 Å². The molecule has 0 bridgehead atoms. The highest BCUT2D eigenvalue weighted by molar-refractivity contribution is 6.07. The van der Waals surface area contributed by atoms with Gasteiger partial charge in [-0.25, -0.2) is 5.06 Å². The summed E-state index contributed by atoms with van der Waals surface area (Å²) >= 11 is 0. The molecule has 1 amide bonds. The molecule has 21 heavy (non-hydrogen) atoms. The van der Waals surface area contributed by atoms with Gasteiger partial charge < -0.3 is 9.47 Å². The van der Waals surface area contributed by atoms with Crippen LogP contribution in [-0.2, 0) is 23.9 Å². The number of nitrogens with zero attached hydrogens (tertiary/aromatic N) is 1. The molecule has 1 spiro atoms. The van der Waals surface area contributed by atoms with Gasteiger partial charge in [0.2, 0.25) is 0 Å². The summed E-state index contributed by atoms with van der Waals surface area (Å²) in [6.45, 7) is 3.67. The number of methoxy groups -OCH3 is 2. The van der Waals surface area contributed by atoms with E-state index in [-0.39, 0.29) is 29.1 Å². The van der Waals surface area contributed by atoms with Gasteiger partial charge in [-0.2, -0.15) is 0 Å². The van der Waals surface area contributed by atoms with E-state index in [9.17, 15) is 9.59 Å². The smallest absolute Gasteiger partial charge is 0.261 e. The van der Waals surface area contributed by atoms with E-state index in [0.717, 1.165) is 0 Å². The van der Waals surface area contributed by atoms with Crippen LogP contribution in [0, 0.1) is 5.92 Å². The third kappa shape index (κ3) is 2.35. The van der Waals surface area contributed by atoms with Gasteiger partial charge in [0.1, 0.15) is 5.54 Å². The van der Waals surface area contributed by atoms with Crippen molar-refractivity contribution >= 4 is 11.7 Å². The first-order valence-electron chi connectivity index (χ1n) is 6.60. The molecule has 114 valence electrons. The van der Waals surface area contributed by atoms with Crippen molar-refractivity contribution in [3.8, 4) is 0 Å². The van der Waals surface area contributed by atoms with Crippen molar-refractivity contribution < 1.29 is 23.9 Å². The van der Waals surface area contributed by atoms with E-state index in [4.69, 9.17) is 14.3 Å². The summed E-state index contributed by atoms with van der Waals surface area (Å²) in [4.78, 5) is 29.7. The van der Waals surface area contributed by atoms with Gasteiger partial charge in [0.15, 0.2) is 11.5 Å². The van der Waals surface area contributed by atoms with E-state index >= 15 is 0 Å². The number of rotatable bonds is 5. The Labute approximate surface area is 123 Å². The van der Waals surface area contributed by atoms with E-state index in [1.165, 1.54) is 26.4 Å². The van der Waals surface area contributed by atoms with Crippen LogP contribution >= 0.6 is 0 Å². The zero-order valence-corrected chi connectivity index (χ0v) is 12.4. The zero-order valence-electron chi connectivity index (χ0n) is 12.4. The predicted molar refractivity (Wildman–Crippen MR) is 74.7 cm³/mol. The van der Waals surface area contributed by atoms with E-state index in [1.807, 2.05) is 0 Å². The number of carbonyl (C=O) groups is 2. The van der Waals surface area contributed by atoms with Crippen LogP contribution in [-0.4, -0.2) is 43.6 Å². The molecule has 0 N–H and O–H groups in total. The fourth-order valence-electron chi connectivity index (χ4n) is 2.87. The molecule has 0 radical (unpaired) electrons. The Morgan fingerprint density at radius 2 is 1.86 bits per heavy atom. The number of amides is 1. The number of Topliss-reactive ketones (excluding diaryl/α,β-unsaturated/α-hetero) is 1. The maximum absolute atomic E-state index is 12.4. The van der Waals surface area contributed by atoms with Crippen molar-refractivity contribution in [1.82, 2.24) is 5.06 Å². The minimum Gasteiger partial charge on any atom is -0.493 e. The lowest BCUT2D eigenvalue weighted by molar-refractivity contribution is -0.184. The van der Waals surface area contributed by atoms with Gasteiger partial charge in [-0.1, -0.05) is 6.08 Å². The van der Waals surface area contributed by atoms with E-state index in [2.05, 4.69) is 6.58 Å². The molecule has 0 aromatic rings. The Bertz CT molecular complexity index is 510. The molecule has 6 heteroatoms. The monoisotopic (exact) mass is 293 g/mol. The number of allylic oxidation sites excluding steroid dienone is 1. The Hall–Kier alpha value is -2.08. The molecule has 6 nitrogen and oxygen atoms in total. The summed E-state index contributed by atoms with van der Waals surface area (Å²) in [5.74, 6) is -0.460. The highest BCUT2D eigenvalue weighted by Gasteiger charge is 2.52. The second kappa shape index (κ2) is 5.73. The molecule has 1 fully saturated rings. The number of hydrogen-bond acceptors (Lipinski definition) is 5. The molecule has 1 unspecified atom stereocenters. The van der Waals surface area contributed by atoms with Crippen molar-refractivity contribution in [1.29, 1.82) is 0 Å². The normalized spacial score (nSPS) is 24.0. The number of ether oxygens (including phenoxy) is 2. The summed E-state index contributed by atoms with van der Waals surface area (Å²) in [7, 11) is 4.24. The maximum atomic E-state index is 12.4. The quantitative estimate of drug-likeness (QED) is 0.716. The fraction of sp³-hybridized carbons (Fsp3) is 0.467. The van der Waals surface area contributed by atoms with Crippen LogP contribution in [0.5, 0.6) is 0 Å². The van der Waals surface area contributed by atoms with Crippen molar-refractivity contribution in [2.75, 3.05) is 21.3 Å². The molecular weight excluding hydrogens is 274 g/mol. The molecular formula is C15H19NO5. The van der Waals surface area contributed by atoms with Gasteiger partial charge in [0.05, 0.1) is 21.3 Å². The highest BCUT2D eigenvalue weighted by Crippen LogP contribution is 2.42. The Kier molecular flexibility index (Phi) is 4.18. The summed E-state index contributed by atoms with van der Waals surface area (Å²) in [5.41, 5.74) is -0.871. The van der Waals surface area contributed by atoms with E-state index in [0.29, 0.717) is 12.8 Å². The Morgan fingerprint density at radius 3 is 2.29 bits per heavy atom. The van der Waals surface area contributed by atoms with Gasteiger partial charge in [-0.05, 0) is 25.0 Å². The first-order chi connectivity index (χ1) is 10.0. The standard InChI is InChI=1S/C15H19NO5/c1-5-6-10-7-15(16(21-4)14(10)18)8-11(19-2)13(17)12(9-15)20-3/h5,8-10H,1,6-7H2,2-4H3. The van der Waals surface area contributed by atoms with E-state index in [1.54, 1.807) is 18.2 Å². The number of hydrogen-bond donors (Lipinski definition) is 0. The second-order valence-electron chi connectivity index (χ2n) is 4.99. The van der Waals surface area contributed by atoms with Crippen LogP contribution < -0.4 is 0 Å². The average Bonchev–Trinajstić information content (AvgIpc) is 2.73. The maximum Gasteiger partial charge on any atom is 0.261 e. The summed E-state index contributed by atoms with van der Waals surface area (Å²) in [6.07, 6.45) is 5.94. The van der Waals surface area contributed by atoms with Gasteiger partial charge in [-0.15, -0.1) is 6.58 Å². The SMILES string of the molecule is C=CCC1CC2(C=C(OC)C(=O)C(OC)=C2)N(OC)C1=O. The van der Waals surface area contributed by atoms with Crippen molar-refractivity contribution in [3.63, 3.8) is 0 Å². The second-order valence-corrected chi connectivity index (χ2v) is 4.99. The molecule has 0 saturated carbocycles. The summed E-state index contributed by atoms with van der Waals surface area (Å²) in [6, 6.07) is 0. The van der Waals surface area contributed by atoms with Crippen LogP contribution in [0.2, 0.25) is 0 Å². The number of hydroxylamine groups is 2. The summed E-state index contributed by atoms with van der Waals surface area (Å²) in [5, 5.41) is 1.27.